The zero-order chi connectivity index (χ0) is 24.1. The number of halogens is 1. The number of morpholine rings is 1. The van der Waals surface area contributed by atoms with Crippen molar-refractivity contribution in [1.29, 1.82) is 0 Å². The van der Waals surface area contributed by atoms with Gasteiger partial charge in [0.2, 0.25) is 5.91 Å². The average molecular weight is 529 g/mol. The Morgan fingerprint density at radius 2 is 2.20 bits per heavy atom. The molecule has 1 amide bonds. The van der Waals surface area contributed by atoms with Gasteiger partial charge in [-0.1, -0.05) is 23.0 Å². The number of nitrogens with one attached hydrogen (secondary N) is 1. The van der Waals surface area contributed by atoms with E-state index in [2.05, 4.69) is 38.7 Å². The Balaban J connectivity index is 1.27. The number of carbonyl (C=O) groups is 1. The standard InChI is InChI=1S/C24H25ClN6O2S2/c1-3-14-10-31(9-12(2)33-14)24(32)13-4-5-15-19(6-13)34-23-21(15)22(26-11-27-23)28-17-8-20-18(7-16(17)25)29-30-35-20/h7-8,11-14H,3-6,9-10H2,1-2H3,(H,26,27,28)/t12-,13+,14-/m1/s1. The number of hydrogen-bond acceptors (Lipinski definition) is 9. The van der Waals surface area contributed by atoms with Gasteiger partial charge in [0.25, 0.3) is 0 Å². The van der Waals surface area contributed by atoms with Crippen LogP contribution in [0.15, 0.2) is 18.5 Å². The third kappa shape index (κ3) is 4.26. The molecule has 11 heteroatoms. The lowest BCUT2D eigenvalue weighted by Crippen LogP contribution is -2.51. The molecular formula is C24H25ClN6O2S2. The largest absolute Gasteiger partial charge is 0.372 e. The predicted molar refractivity (Wildman–Crippen MR) is 140 cm³/mol. The van der Waals surface area contributed by atoms with E-state index in [4.69, 9.17) is 16.3 Å². The molecule has 0 bridgehead atoms. The van der Waals surface area contributed by atoms with Gasteiger partial charge in [-0.05, 0) is 61.8 Å². The molecule has 3 atom stereocenters. The first kappa shape index (κ1) is 23.0. The highest BCUT2D eigenvalue weighted by atomic mass is 35.5. The predicted octanol–water partition coefficient (Wildman–Crippen LogP) is 5.22. The lowest BCUT2D eigenvalue weighted by atomic mass is 9.86. The van der Waals surface area contributed by atoms with Gasteiger partial charge < -0.3 is 15.0 Å². The highest BCUT2D eigenvalue weighted by molar-refractivity contribution is 7.19. The Bertz CT molecular complexity index is 1420. The van der Waals surface area contributed by atoms with Gasteiger partial charge >= 0.3 is 0 Å². The van der Waals surface area contributed by atoms with E-state index in [9.17, 15) is 4.79 Å². The number of rotatable bonds is 4. The number of fused-ring (bicyclic) bond motifs is 4. The van der Waals surface area contributed by atoms with Crippen molar-refractivity contribution in [1.82, 2.24) is 24.5 Å². The normalized spacial score (nSPS) is 22.5. The van der Waals surface area contributed by atoms with Gasteiger partial charge in [0, 0.05) is 23.9 Å². The molecule has 8 nitrogen and oxygen atoms in total. The van der Waals surface area contributed by atoms with Crippen LogP contribution in [-0.4, -0.2) is 55.7 Å². The number of carbonyl (C=O) groups excluding carboxylic acids is 1. The quantitative estimate of drug-likeness (QED) is 0.388. The summed E-state index contributed by atoms with van der Waals surface area (Å²) in [6.07, 6.45) is 5.11. The topological polar surface area (TPSA) is 93.1 Å². The Hall–Kier alpha value is -2.40. The summed E-state index contributed by atoms with van der Waals surface area (Å²) in [6.45, 7) is 5.53. The maximum Gasteiger partial charge on any atom is 0.226 e. The van der Waals surface area contributed by atoms with Crippen LogP contribution >= 0.6 is 34.5 Å². The SMILES string of the molecule is CC[C@@H]1CN(C(=O)[C@H]2CCc3c(sc4ncnc(Nc5cc6snnc6cc5Cl)c34)C2)C[C@@H](C)O1. The summed E-state index contributed by atoms with van der Waals surface area (Å²) in [7, 11) is 0. The lowest BCUT2D eigenvalue weighted by Gasteiger charge is -2.38. The van der Waals surface area contributed by atoms with Crippen LogP contribution in [0.25, 0.3) is 20.4 Å². The second-order valence-corrected chi connectivity index (χ2v) is 11.5. The van der Waals surface area contributed by atoms with Crippen LogP contribution in [0.5, 0.6) is 0 Å². The minimum atomic E-state index is -0.00147. The van der Waals surface area contributed by atoms with Crippen LogP contribution in [0.1, 0.15) is 37.1 Å². The number of thiophene rings is 1. The van der Waals surface area contributed by atoms with Crippen molar-refractivity contribution >= 4 is 72.3 Å². The van der Waals surface area contributed by atoms with Crippen molar-refractivity contribution in [3.8, 4) is 0 Å². The first-order chi connectivity index (χ1) is 17.0. The Kier molecular flexibility index (Phi) is 6.08. The van der Waals surface area contributed by atoms with Gasteiger partial charge in [-0.15, -0.1) is 16.4 Å². The zero-order valence-electron chi connectivity index (χ0n) is 19.5. The van der Waals surface area contributed by atoms with E-state index in [0.29, 0.717) is 18.1 Å². The molecule has 0 saturated carbocycles. The molecule has 1 saturated heterocycles. The van der Waals surface area contributed by atoms with Crippen molar-refractivity contribution in [3.63, 3.8) is 0 Å². The fourth-order valence-corrected chi connectivity index (χ4v) is 7.20. The van der Waals surface area contributed by atoms with Gasteiger partial charge in [-0.25, -0.2) is 9.97 Å². The summed E-state index contributed by atoms with van der Waals surface area (Å²) in [6, 6.07) is 3.77. The van der Waals surface area contributed by atoms with E-state index in [-0.39, 0.29) is 24.0 Å². The summed E-state index contributed by atoms with van der Waals surface area (Å²) in [5.41, 5.74) is 2.79. The molecule has 6 rings (SSSR count). The van der Waals surface area contributed by atoms with Crippen molar-refractivity contribution < 1.29 is 9.53 Å². The average Bonchev–Trinajstić information content (AvgIpc) is 3.47. The molecule has 1 N–H and O–H groups in total. The summed E-state index contributed by atoms with van der Waals surface area (Å²) in [4.78, 5) is 26.7. The molecule has 1 aliphatic heterocycles. The molecule has 3 aromatic heterocycles. The maximum absolute atomic E-state index is 13.4. The van der Waals surface area contributed by atoms with Crippen molar-refractivity contribution in [2.24, 2.45) is 5.92 Å². The molecule has 1 aromatic carbocycles. The first-order valence-electron chi connectivity index (χ1n) is 11.9. The molecular weight excluding hydrogens is 504 g/mol. The third-order valence-corrected chi connectivity index (χ3v) is 9.04. The third-order valence-electron chi connectivity index (χ3n) is 6.88. The second-order valence-electron chi connectivity index (χ2n) is 9.26. The number of benzene rings is 1. The fourth-order valence-electron chi connectivity index (χ4n) is 5.15. The summed E-state index contributed by atoms with van der Waals surface area (Å²) < 4.78 is 10.9. The Morgan fingerprint density at radius 1 is 1.31 bits per heavy atom. The number of aromatic nitrogens is 4. The Morgan fingerprint density at radius 3 is 3.06 bits per heavy atom. The molecule has 0 unspecified atom stereocenters. The van der Waals surface area contributed by atoms with Crippen molar-refractivity contribution in [3.05, 3.63) is 33.9 Å². The summed E-state index contributed by atoms with van der Waals surface area (Å²) in [5, 5.41) is 9.11. The molecule has 0 spiro atoms. The number of hydrogen-bond donors (Lipinski definition) is 1. The molecule has 1 fully saturated rings. The number of amides is 1. The van der Waals surface area contributed by atoms with Crippen LogP contribution in [0.2, 0.25) is 5.02 Å². The molecule has 0 radical (unpaired) electrons. The molecule has 35 heavy (non-hydrogen) atoms. The van der Waals surface area contributed by atoms with Gasteiger partial charge in [0.05, 0.1) is 33.0 Å². The van der Waals surface area contributed by atoms with E-state index >= 15 is 0 Å². The number of anilines is 2. The number of aryl methyl sites for hydroxylation is 1. The van der Waals surface area contributed by atoms with E-state index < -0.39 is 0 Å². The van der Waals surface area contributed by atoms with Gasteiger partial charge in [0.15, 0.2) is 0 Å². The van der Waals surface area contributed by atoms with Crippen molar-refractivity contribution in [2.75, 3.05) is 18.4 Å². The molecule has 4 aromatic rings. The highest BCUT2D eigenvalue weighted by Crippen LogP contribution is 2.42. The van der Waals surface area contributed by atoms with E-state index in [0.717, 1.165) is 57.6 Å². The van der Waals surface area contributed by atoms with Crippen molar-refractivity contribution in [2.45, 2.75) is 51.7 Å². The monoisotopic (exact) mass is 528 g/mol. The maximum atomic E-state index is 13.4. The minimum Gasteiger partial charge on any atom is -0.372 e. The minimum absolute atomic E-state index is 0.00147. The first-order valence-corrected chi connectivity index (χ1v) is 13.8. The van der Waals surface area contributed by atoms with Crippen LogP contribution in [0.4, 0.5) is 11.5 Å². The van der Waals surface area contributed by atoms with E-state index in [1.807, 2.05) is 17.0 Å². The fraction of sp³-hybridized carbons (Fsp3) is 0.458. The van der Waals surface area contributed by atoms with Gasteiger partial charge in [-0.3, -0.25) is 4.79 Å². The molecule has 2 aliphatic rings. The molecule has 182 valence electrons. The van der Waals surface area contributed by atoms with Crippen LogP contribution in [-0.2, 0) is 22.4 Å². The van der Waals surface area contributed by atoms with E-state index in [1.165, 1.54) is 22.0 Å². The molecule has 1 aliphatic carbocycles. The highest BCUT2D eigenvalue weighted by Gasteiger charge is 2.35. The summed E-state index contributed by atoms with van der Waals surface area (Å²) >= 11 is 9.52. The van der Waals surface area contributed by atoms with Crippen LogP contribution in [0.3, 0.4) is 0 Å². The second kappa shape index (κ2) is 9.24. The van der Waals surface area contributed by atoms with Crippen LogP contribution < -0.4 is 5.32 Å². The number of ether oxygens (including phenoxy) is 1. The van der Waals surface area contributed by atoms with Gasteiger partial charge in [0.1, 0.15) is 22.5 Å². The molecule has 4 heterocycles. The number of nitrogens with zero attached hydrogens (tertiary/aromatic N) is 5. The lowest BCUT2D eigenvalue weighted by molar-refractivity contribution is -0.149. The zero-order valence-corrected chi connectivity index (χ0v) is 21.8. The van der Waals surface area contributed by atoms with E-state index in [1.54, 1.807) is 17.7 Å². The Labute approximate surface area is 215 Å². The summed E-state index contributed by atoms with van der Waals surface area (Å²) in [5.74, 6) is 0.992. The smallest absolute Gasteiger partial charge is 0.226 e. The van der Waals surface area contributed by atoms with Crippen LogP contribution in [0, 0.1) is 5.92 Å². The van der Waals surface area contributed by atoms with Gasteiger partial charge in [-0.2, -0.15) is 0 Å².